The van der Waals surface area contributed by atoms with Gasteiger partial charge in [0.1, 0.15) is 23.3 Å². The van der Waals surface area contributed by atoms with Gasteiger partial charge in [0, 0.05) is 48.3 Å². The molecule has 1 aromatic heterocycles. The van der Waals surface area contributed by atoms with Crippen molar-refractivity contribution < 1.29 is 14.6 Å². The largest absolute Gasteiger partial charge is 0.480 e. The van der Waals surface area contributed by atoms with Gasteiger partial charge in [-0.15, -0.1) is 0 Å². The highest BCUT2D eigenvalue weighted by molar-refractivity contribution is 6.03. The molecular weight excluding hydrogens is 440 g/mol. The van der Waals surface area contributed by atoms with E-state index in [4.69, 9.17) is 9.73 Å². The topological polar surface area (TPSA) is 81.2 Å². The van der Waals surface area contributed by atoms with Crippen LogP contribution in [0.2, 0.25) is 0 Å². The van der Waals surface area contributed by atoms with E-state index in [0.29, 0.717) is 26.2 Å². The zero-order valence-electron chi connectivity index (χ0n) is 19.4. The second-order valence-corrected chi connectivity index (χ2v) is 8.97. The average Bonchev–Trinajstić information content (AvgIpc) is 3.09. The summed E-state index contributed by atoms with van der Waals surface area (Å²) >= 11 is 0. The summed E-state index contributed by atoms with van der Waals surface area (Å²) in [4.78, 5) is 25.2. The SMILES string of the molecule is Cc1[nH]c2ccccc2c1[C@@H](C(=O)O)N1CCN(C2=Nc3ccccc3Oc3ccccc32)CC1. The quantitative estimate of drug-likeness (QED) is 0.439. The predicted octanol–water partition coefficient (Wildman–Crippen LogP) is 5.10. The first-order valence-electron chi connectivity index (χ1n) is 11.8. The summed E-state index contributed by atoms with van der Waals surface area (Å²) in [5.74, 6) is 1.54. The number of amidine groups is 1. The lowest BCUT2D eigenvalue weighted by Gasteiger charge is -2.39. The molecule has 0 amide bonds. The van der Waals surface area contributed by atoms with Crippen LogP contribution in [0.15, 0.2) is 77.8 Å². The summed E-state index contributed by atoms with van der Waals surface area (Å²) in [6, 6.07) is 22.9. The van der Waals surface area contributed by atoms with Crippen LogP contribution in [0, 0.1) is 6.92 Å². The lowest BCUT2D eigenvalue weighted by atomic mass is 10.0. The molecule has 176 valence electrons. The number of hydrogen-bond donors (Lipinski definition) is 2. The van der Waals surface area contributed by atoms with Crippen molar-refractivity contribution in [2.24, 2.45) is 4.99 Å². The zero-order chi connectivity index (χ0) is 23.9. The van der Waals surface area contributed by atoms with E-state index < -0.39 is 12.0 Å². The summed E-state index contributed by atoms with van der Waals surface area (Å²) in [5, 5.41) is 11.2. The van der Waals surface area contributed by atoms with Gasteiger partial charge in [0.15, 0.2) is 5.75 Å². The van der Waals surface area contributed by atoms with Gasteiger partial charge in [-0.05, 0) is 37.3 Å². The molecule has 2 aliphatic rings. The smallest absolute Gasteiger partial charge is 0.325 e. The normalized spacial score (nSPS) is 16.6. The third-order valence-corrected chi connectivity index (χ3v) is 6.87. The maximum atomic E-state index is 12.5. The van der Waals surface area contributed by atoms with Crippen molar-refractivity contribution >= 4 is 28.4 Å². The van der Waals surface area contributed by atoms with Crippen LogP contribution in [-0.4, -0.2) is 57.9 Å². The number of aromatic nitrogens is 1. The standard InChI is InChI=1S/C28H26N4O3/c1-18-25(19-8-2-4-10-21(19)29-18)26(28(33)34)31-14-16-32(17-15-31)27-20-9-3-6-12-23(20)35-24-13-7-5-11-22(24)30-27/h2-13,26,29H,14-17H2,1H3,(H,33,34)/t26-/m0/s1. The fourth-order valence-corrected chi connectivity index (χ4v) is 5.21. The maximum absolute atomic E-state index is 12.5. The molecule has 0 aliphatic carbocycles. The number of ether oxygens (including phenoxy) is 1. The van der Waals surface area contributed by atoms with E-state index in [1.54, 1.807) is 0 Å². The van der Waals surface area contributed by atoms with Crippen molar-refractivity contribution in [3.63, 3.8) is 0 Å². The van der Waals surface area contributed by atoms with E-state index in [1.807, 2.05) is 79.7 Å². The number of nitrogens with zero attached hydrogens (tertiary/aromatic N) is 3. The lowest BCUT2D eigenvalue weighted by molar-refractivity contribution is -0.144. The van der Waals surface area contributed by atoms with Gasteiger partial charge >= 0.3 is 5.97 Å². The molecule has 1 saturated heterocycles. The van der Waals surface area contributed by atoms with Crippen LogP contribution in [0.1, 0.15) is 22.9 Å². The van der Waals surface area contributed by atoms with Crippen molar-refractivity contribution in [3.05, 3.63) is 89.6 Å². The molecule has 6 rings (SSSR count). The van der Waals surface area contributed by atoms with Crippen LogP contribution in [-0.2, 0) is 4.79 Å². The number of carboxylic acid groups (broad SMARTS) is 1. The van der Waals surface area contributed by atoms with Crippen molar-refractivity contribution in [1.82, 2.24) is 14.8 Å². The average molecular weight is 467 g/mol. The number of carboxylic acids is 1. The molecule has 3 heterocycles. The Morgan fingerprint density at radius 1 is 0.943 bits per heavy atom. The van der Waals surface area contributed by atoms with E-state index in [9.17, 15) is 9.90 Å². The van der Waals surface area contributed by atoms with Crippen LogP contribution in [0.3, 0.4) is 0 Å². The number of aryl methyl sites for hydroxylation is 1. The molecule has 7 nitrogen and oxygen atoms in total. The number of fused-ring (bicyclic) bond motifs is 3. The second kappa shape index (κ2) is 8.60. The fraction of sp³-hybridized carbons (Fsp3) is 0.214. The van der Waals surface area contributed by atoms with Crippen LogP contribution in [0.4, 0.5) is 5.69 Å². The number of rotatable bonds is 3. The van der Waals surface area contributed by atoms with Gasteiger partial charge < -0.3 is 19.7 Å². The number of aliphatic carboxylic acids is 1. The van der Waals surface area contributed by atoms with E-state index in [2.05, 4.69) is 14.8 Å². The molecule has 2 aliphatic heterocycles. The zero-order valence-corrected chi connectivity index (χ0v) is 19.4. The van der Waals surface area contributed by atoms with E-state index in [1.165, 1.54) is 0 Å². The molecule has 0 saturated carbocycles. The Morgan fingerprint density at radius 3 is 2.43 bits per heavy atom. The number of para-hydroxylation sites is 4. The summed E-state index contributed by atoms with van der Waals surface area (Å²) in [6.45, 7) is 4.51. The van der Waals surface area contributed by atoms with Gasteiger partial charge in [0.2, 0.25) is 0 Å². The third-order valence-electron chi connectivity index (χ3n) is 6.87. The molecule has 35 heavy (non-hydrogen) atoms. The van der Waals surface area contributed by atoms with Gasteiger partial charge in [0.25, 0.3) is 0 Å². The summed E-state index contributed by atoms with van der Waals surface area (Å²) in [6.07, 6.45) is 0. The number of nitrogens with one attached hydrogen (secondary N) is 1. The highest BCUT2D eigenvalue weighted by Gasteiger charge is 2.34. The Labute approximate surface area is 203 Å². The minimum Gasteiger partial charge on any atom is -0.480 e. The minimum atomic E-state index is -0.828. The Bertz CT molecular complexity index is 1450. The second-order valence-electron chi connectivity index (χ2n) is 8.97. The van der Waals surface area contributed by atoms with Gasteiger partial charge in [-0.2, -0.15) is 0 Å². The van der Waals surface area contributed by atoms with Crippen molar-refractivity contribution in [2.45, 2.75) is 13.0 Å². The van der Waals surface area contributed by atoms with Gasteiger partial charge in [-0.25, -0.2) is 4.99 Å². The van der Waals surface area contributed by atoms with Crippen molar-refractivity contribution in [3.8, 4) is 11.5 Å². The van der Waals surface area contributed by atoms with Crippen LogP contribution < -0.4 is 4.74 Å². The Kier molecular flexibility index (Phi) is 5.26. The maximum Gasteiger partial charge on any atom is 0.325 e. The molecule has 0 bridgehead atoms. The van der Waals surface area contributed by atoms with Crippen molar-refractivity contribution in [2.75, 3.05) is 26.2 Å². The van der Waals surface area contributed by atoms with Gasteiger partial charge in [0.05, 0.1) is 5.56 Å². The Hall–Kier alpha value is -4.10. The number of hydrogen-bond acceptors (Lipinski definition) is 5. The Morgan fingerprint density at radius 2 is 1.63 bits per heavy atom. The molecule has 0 spiro atoms. The van der Waals surface area contributed by atoms with E-state index >= 15 is 0 Å². The van der Waals surface area contributed by atoms with E-state index in [-0.39, 0.29) is 0 Å². The van der Waals surface area contributed by atoms with Crippen LogP contribution >= 0.6 is 0 Å². The molecule has 0 radical (unpaired) electrons. The third kappa shape index (κ3) is 3.74. The first kappa shape index (κ1) is 21.4. The van der Waals surface area contributed by atoms with Crippen LogP contribution in [0.5, 0.6) is 11.5 Å². The van der Waals surface area contributed by atoms with Gasteiger partial charge in [-0.3, -0.25) is 9.69 Å². The number of benzene rings is 3. The molecule has 1 fully saturated rings. The molecule has 1 atom stereocenters. The lowest BCUT2D eigenvalue weighted by Crippen LogP contribution is -2.51. The number of carbonyl (C=O) groups is 1. The Balaban J connectivity index is 1.31. The number of H-pyrrole nitrogens is 1. The molecule has 0 unspecified atom stereocenters. The van der Waals surface area contributed by atoms with Gasteiger partial charge in [-0.1, -0.05) is 42.5 Å². The monoisotopic (exact) mass is 466 g/mol. The first-order chi connectivity index (χ1) is 17.1. The van der Waals surface area contributed by atoms with Crippen LogP contribution in [0.25, 0.3) is 10.9 Å². The summed E-state index contributed by atoms with van der Waals surface area (Å²) in [7, 11) is 0. The highest BCUT2D eigenvalue weighted by atomic mass is 16.5. The molecule has 2 N–H and O–H groups in total. The molecule has 7 heteroatoms. The first-order valence-corrected chi connectivity index (χ1v) is 11.8. The molecular formula is C28H26N4O3. The molecule has 4 aromatic rings. The number of piperazine rings is 1. The van der Waals surface area contributed by atoms with Crippen molar-refractivity contribution in [1.29, 1.82) is 0 Å². The highest BCUT2D eigenvalue weighted by Crippen LogP contribution is 2.38. The minimum absolute atomic E-state index is 0.611. The predicted molar refractivity (Wildman–Crippen MR) is 136 cm³/mol. The fourth-order valence-electron chi connectivity index (χ4n) is 5.21. The number of aliphatic imine (C=N–C) groups is 1. The molecule has 3 aromatic carbocycles. The van der Waals surface area contributed by atoms with E-state index in [0.717, 1.165) is 50.7 Å². The summed E-state index contributed by atoms with van der Waals surface area (Å²) < 4.78 is 6.18. The number of aromatic amines is 1. The summed E-state index contributed by atoms with van der Waals surface area (Å²) in [5.41, 5.74) is 4.45.